The molecular weight excluding hydrogens is 375 g/mol. The minimum atomic E-state index is -0.482. The fraction of sp³-hybridized carbons (Fsp3) is 0.278. The van der Waals surface area contributed by atoms with Crippen LogP contribution in [0.25, 0.3) is 6.08 Å². The zero-order chi connectivity index (χ0) is 19.1. The monoisotopic (exact) mass is 394 g/mol. The minimum absolute atomic E-state index is 0.384. The predicted molar refractivity (Wildman–Crippen MR) is 103 cm³/mol. The Labute approximate surface area is 162 Å². The van der Waals surface area contributed by atoms with E-state index in [1.54, 1.807) is 35.0 Å². The number of hydrogen-bond donors (Lipinski definition) is 2. The van der Waals surface area contributed by atoms with Gasteiger partial charge in [-0.05, 0) is 43.7 Å². The fourth-order valence-corrected chi connectivity index (χ4v) is 2.65. The van der Waals surface area contributed by atoms with E-state index in [2.05, 4.69) is 22.9 Å². The first-order valence-electron chi connectivity index (χ1n) is 8.19. The summed E-state index contributed by atoms with van der Waals surface area (Å²) in [4.78, 5) is 23.8. The van der Waals surface area contributed by atoms with E-state index < -0.39 is 11.8 Å². The van der Waals surface area contributed by atoms with Crippen LogP contribution in [0.3, 0.4) is 0 Å². The number of aromatic nitrogens is 2. The van der Waals surface area contributed by atoms with Gasteiger partial charge in [0.25, 0.3) is 11.8 Å². The number of hydrogen-bond acceptors (Lipinski definition) is 3. The van der Waals surface area contributed by atoms with Crippen LogP contribution >= 0.6 is 23.2 Å². The molecule has 8 heteroatoms. The first kappa shape index (κ1) is 20.0. The van der Waals surface area contributed by atoms with Gasteiger partial charge in [-0.25, -0.2) is 0 Å². The molecule has 1 heterocycles. The lowest BCUT2D eigenvalue weighted by Gasteiger charge is -2.05. The van der Waals surface area contributed by atoms with Gasteiger partial charge in [-0.3, -0.25) is 25.1 Å². The van der Waals surface area contributed by atoms with Crippen LogP contribution in [0.2, 0.25) is 10.2 Å². The summed E-state index contributed by atoms with van der Waals surface area (Å²) >= 11 is 12.1. The van der Waals surface area contributed by atoms with Gasteiger partial charge in [0, 0.05) is 28.8 Å². The maximum Gasteiger partial charge on any atom is 0.269 e. The van der Waals surface area contributed by atoms with Gasteiger partial charge in [-0.2, -0.15) is 5.10 Å². The van der Waals surface area contributed by atoms with Crippen molar-refractivity contribution in [3.05, 3.63) is 57.3 Å². The minimum Gasteiger partial charge on any atom is -0.268 e. The van der Waals surface area contributed by atoms with Crippen molar-refractivity contribution < 1.29 is 9.59 Å². The molecule has 0 saturated carbocycles. The van der Waals surface area contributed by atoms with Crippen molar-refractivity contribution in [3.8, 4) is 0 Å². The Morgan fingerprint density at radius 1 is 1.19 bits per heavy atom. The standard InChI is InChI=1S/C18H20Cl2N4O2/c1-3-4-11-24-17(20)15(12(2)23-24)9-10-16(25)21-22-18(26)13-5-7-14(19)8-6-13/h5-10H,3-4,11H2,1-2H3,(H,21,25)(H,22,26)/b10-9+. The highest BCUT2D eigenvalue weighted by atomic mass is 35.5. The van der Waals surface area contributed by atoms with Gasteiger partial charge >= 0.3 is 0 Å². The number of nitrogens with zero attached hydrogens (tertiary/aromatic N) is 2. The maximum atomic E-state index is 11.9. The highest BCUT2D eigenvalue weighted by Crippen LogP contribution is 2.21. The lowest BCUT2D eigenvalue weighted by molar-refractivity contribution is -0.117. The van der Waals surface area contributed by atoms with E-state index in [0.29, 0.717) is 21.3 Å². The molecule has 0 spiro atoms. The molecule has 0 aliphatic rings. The number of amides is 2. The number of aryl methyl sites for hydroxylation is 2. The van der Waals surface area contributed by atoms with E-state index in [-0.39, 0.29) is 0 Å². The van der Waals surface area contributed by atoms with Crippen molar-refractivity contribution in [2.24, 2.45) is 0 Å². The molecule has 6 nitrogen and oxygen atoms in total. The summed E-state index contributed by atoms with van der Waals surface area (Å²) < 4.78 is 1.72. The van der Waals surface area contributed by atoms with E-state index in [4.69, 9.17) is 23.2 Å². The Bertz CT molecular complexity index is 813. The van der Waals surface area contributed by atoms with Crippen LogP contribution in [-0.4, -0.2) is 21.6 Å². The van der Waals surface area contributed by atoms with E-state index >= 15 is 0 Å². The Kier molecular flexibility index (Phi) is 7.24. The third-order valence-corrected chi connectivity index (χ3v) is 4.29. The second kappa shape index (κ2) is 9.40. The highest BCUT2D eigenvalue weighted by molar-refractivity contribution is 6.31. The van der Waals surface area contributed by atoms with Crippen LogP contribution < -0.4 is 10.9 Å². The molecule has 138 valence electrons. The topological polar surface area (TPSA) is 76.0 Å². The quantitative estimate of drug-likeness (QED) is 0.578. The van der Waals surface area contributed by atoms with Crippen LogP contribution in [-0.2, 0) is 11.3 Å². The van der Waals surface area contributed by atoms with Crippen molar-refractivity contribution in [1.82, 2.24) is 20.6 Å². The van der Waals surface area contributed by atoms with Gasteiger partial charge in [0.2, 0.25) is 0 Å². The first-order valence-corrected chi connectivity index (χ1v) is 8.94. The molecule has 0 bridgehead atoms. The van der Waals surface area contributed by atoms with Gasteiger partial charge in [0.15, 0.2) is 0 Å². The van der Waals surface area contributed by atoms with Gasteiger partial charge in [-0.15, -0.1) is 0 Å². The molecule has 26 heavy (non-hydrogen) atoms. The third kappa shape index (κ3) is 5.34. The van der Waals surface area contributed by atoms with Crippen LogP contribution in [0.15, 0.2) is 30.3 Å². The summed E-state index contributed by atoms with van der Waals surface area (Å²) in [7, 11) is 0. The van der Waals surface area contributed by atoms with E-state index in [1.165, 1.54) is 6.08 Å². The third-order valence-electron chi connectivity index (χ3n) is 3.64. The van der Waals surface area contributed by atoms with Crippen molar-refractivity contribution in [2.45, 2.75) is 33.2 Å². The molecule has 1 aromatic heterocycles. The van der Waals surface area contributed by atoms with Crippen molar-refractivity contribution in [2.75, 3.05) is 0 Å². The maximum absolute atomic E-state index is 11.9. The normalized spacial score (nSPS) is 10.9. The lowest BCUT2D eigenvalue weighted by Crippen LogP contribution is -2.40. The van der Waals surface area contributed by atoms with Crippen molar-refractivity contribution in [1.29, 1.82) is 0 Å². The van der Waals surface area contributed by atoms with Gasteiger partial charge in [-0.1, -0.05) is 36.5 Å². The molecule has 0 atom stereocenters. The van der Waals surface area contributed by atoms with Gasteiger partial charge < -0.3 is 0 Å². The molecule has 0 saturated heterocycles. The Hall–Kier alpha value is -2.31. The number of benzene rings is 1. The average molecular weight is 395 g/mol. The second-order valence-corrected chi connectivity index (χ2v) is 6.44. The molecule has 0 fully saturated rings. The van der Waals surface area contributed by atoms with Crippen molar-refractivity contribution >= 4 is 41.1 Å². The molecule has 2 aromatic rings. The number of carbonyl (C=O) groups is 2. The van der Waals surface area contributed by atoms with Crippen LogP contribution in [0, 0.1) is 6.92 Å². The SMILES string of the molecule is CCCCn1nc(C)c(/C=C/C(=O)NNC(=O)c2ccc(Cl)cc2)c1Cl. The number of nitrogens with one attached hydrogen (secondary N) is 2. The fourth-order valence-electron chi connectivity index (χ4n) is 2.21. The van der Waals surface area contributed by atoms with Crippen molar-refractivity contribution in [3.63, 3.8) is 0 Å². The Morgan fingerprint density at radius 2 is 1.88 bits per heavy atom. The second-order valence-electron chi connectivity index (χ2n) is 5.65. The summed E-state index contributed by atoms with van der Waals surface area (Å²) in [5, 5.41) is 5.39. The number of halogens is 2. The number of carbonyl (C=O) groups excluding carboxylic acids is 2. The highest BCUT2D eigenvalue weighted by Gasteiger charge is 2.11. The summed E-state index contributed by atoms with van der Waals surface area (Å²) in [6.07, 6.45) is 4.89. The summed E-state index contributed by atoms with van der Waals surface area (Å²) in [6, 6.07) is 6.32. The zero-order valence-corrected chi connectivity index (χ0v) is 16.1. The van der Waals surface area contributed by atoms with Crippen LogP contribution in [0.1, 0.15) is 41.4 Å². The summed E-state index contributed by atoms with van der Waals surface area (Å²) in [5.74, 6) is -0.922. The van der Waals surface area contributed by atoms with Crippen LogP contribution in [0.4, 0.5) is 0 Å². The van der Waals surface area contributed by atoms with Crippen LogP contribution in [0.5, 0.6) is 0 Å². The predicted octanol–water partition coefficient (Wildman–Crippen LogP) is 3.77. The molecule has 0 radical (unpaired) electrons. The number of hydrazine groups is 1. The largest absolute Gasteiger partial charge is 0.269 e. The molecule has 1 aromatic carbocycles. The van der Waals surface area contributed by atoms with E-state index in [9.17, 15) is 9.59 Å². The smallest absolute Gasteiger partial charge is 0.268 e. The molecule has 2 rings (SSSR count). The zero-order valence-electron chi connectivity index (χ0n) is 14.6. The molecular formula is C18H20Cl2N4O2. The van der Waals surface area contributed by atoms with Gasteiger partial charge in [0.1, 0.15) is 5.15 Å². The molecule has 0 unspecified atom stereocenters. The number of rotatable bonds is 6. The van der Waals surface area contributed by atoms with Gasteiger partial charge in [0.05, 0.1) is 5.69 Å². The van der Waals surface area contributed by atoms with E-state index in [0.717, 1.165) is 25.1 Å². The summed E-state index contributed by atoms with van der Waals surface area (Å²) in [5.41, 5.74) is 6.45. The molecule has 2 N–H and O–H groups in total. The molecule has 0 aliphatic carbocycles. The summed E-state index contributed by atoms with van der Waals surface area (Å²) in [6.45, 7) is 4.65. The lowest BCUT2D eigenvalue weighted by atomic mass is 10.2. The molecule has 2 amide bonds. The first-order chi connectivity index (χ1) is 12.4. The Balaban J connectivity index is 1.94. The Morgan fingerprint density at radius 3 is 2.54 bits per heavy atom. The number of unbranched alkanes of at least 4 members (excludes halogenated alkanes) is 1. The average Bonchev–Trinajstić information content (AvgIpc) is 2.90. The van der Waals surface area contributed by atoms with E-state index in [1.807, 2.05) is 6.92 Å². The molecule has 0 aliphatic heterocycles.